The van der Waals surface area contributed by atoms with Gasteiger partial charge in [-0.2, -0.15) is 0 Å². The van der Waals surface area contributed by atoms with Crippen molar-refractivity contribution < 1.29 is 9.59 Å². The molecule has 1 fully saturated rings. The second kappa shape index (κ2) is 7.19. The van der Waals surface area contributed by atoms with Gasteiger partial charge in [-0.25, -0.2) is 0 Å². The molecule has 1 aromatic heterocycles. The molecule has 1 aromatic carbocycles. The first-order valence-electron chi connectivity index (χ1n) is 8.58. The van der Waals surface area contributed by atoms with Crippen molar-refractivity contribution in [3.05, 3.63) is 41.1 Å². The first-order chi connectivity index (χ1) is 12.0. The Bertz CT molecular complexity index is 810. The minimum atomic E-state index is 0.00556. The Morgan fingerprint density at radius 1 is 1.12 bits per heavy atom. The molecule has 0 saturated carbocycles. The molecule has 25 heavy (non-hydrogen) atoms. The molecule has 1 saturated heterocycles. The van der Waals surface area contributed by atoms with E-state index in [1.807, 2.05) is 43.0 Å². The predicted molar refractivity (Wildman–Crippen MR) is 97.6 cm³/mol. The van der Waals surface area contributed by atoms with E-state index >= 15 is 0 Å². The van der Waals surface area contributed by atoms with Crippen LogP contribution in [0.3, 0.4) is 0 Å². The molecule has 2 aromatic rings. The Morgan fingerprint density at radius 2 is 1.84 bits per heavy atom. The highest BCUT2D eigenvalue weighted by Gasteiger charge is 2.24. The molecule has 0 unspecified atom stereocenters. The van der Waals surface area contributed by atoms with Crippen molar-refractivity contribution in [3.8, 4) is 0 Å². The fourth-order valence-electron chi connectivity index (χ4n) is 3.21. The van der Waals surface area contributed by atoms with Crippen LogP contribution in [0.4, 0.5) is 0 Å². The number of nitrogens with one attached hydrogen (secondary N) is 1. The molecule has 2 amide bonds. The molecular formula is C19H24N4O2. The zero-order valence-electron chi connectivity index (χ0n) is 15.0. The summed E-state index contributed by atoms with van der Waals surface area (Å²) < 4.78 is 0. The average Bonchev–Trinajstić information content (AvgIpc) is 2.61. The number of hydrogen-bond acceptors (Lipinski definition) is 4. The van der Waals surface area contributed by atoms with Crippen LogP contribution in [-0.2, 0) is 4.79 Å². The highest BCUT2D eigenvalue weighted by molar-refractivity contribution is 6.06. The topological polar surface area (TPSA) is 65.5 Å². The molecule has 6 nitrogen and oxygen atoms in total. The molecule has 0 aliphatic carbocycles. The number of hydrogen-bond donors (Lipinski definition) is 1. The quantitative estimate of drug-likeness (QED) is 0.916. The van der Waals surface area contributed by atoms with Crippen molar-refractivity contribution in [3.63, 3.8) is 0 Å². The number of piperazine rings is 1. The molecule has 1 N–H and O–H groups in total. The number of aromatic nitrogens is 1. The van der Waals surface area contributed by atoms with Crippen molar-refractivity contribution in [2.24, 2.45) is 0 Å². The van der Waals surface area contributed by atoms with Crippen molar-refractivity contribution in [2.45, 2.75) is 13.8 Å². The minimum absolute atomic E-state index is 0.00556. The Hall–Kier alpha value is -2.47. The Balaban J connectivity index is 1.79. The Morgan fingerprint density at radius 3 is 2.52 bits per heavy atom. The van der Waals surface area contributed by atoms with E-state index < -0.39 is 0 Å². The summed E-state index contributed by atoms with van der Waals surface area (Å²) in [5.41, 5.74) is 3.53. The summed E-state index contributed by atoms with van der Waals surface area (Å²) in [6.45, 7) is 6.99. The number of aryl methyl sites for hydroxylation is 2. The first-order valence-corrected chi connectivity index (χ1v) is 8.58. The highest BCUT2D eigenvalue weighted by atomic mass is 16.2. The van der Waals surface area contributed by atoms with Crippen LogP contribution in [0.5, 0.6) is 0 Å². The van der Waals surface area contributed by atoms with Crippen molar-refractivity contribution in [1.29, 1.82) is 0 Å². The van der Waals surface area contributed by atoms with E-state index in [9.17, 15) is 9.59 Å². The van der Waals surface area contributed by atoms with Gasteiger partial charge in [0.15, 0.2) is 0 Å². The van der Waals surface area contributed by atoms with Crippen LogP contribution < -0.4 is 5.32 Å². The van der Waals surface area contributed by atoms with Gasteiger partial charge in [0.2, 0.25) is 5.91 Å². The van der Waals surface area contributed by atoms with Gasteiger partial charge in [-0.15, -0.1) is 0 Å². The van der Waals surface area contributed by atoms with Gasteiger partial charge in [0.25, 0.3) is 5.91 Å². The number of rotatable bonds is 3. The molecule has 0 radical (unpaired) electrons. The third-order valence-corrected chi connectivity index (χ3v) is 4.63. The predicted octanol–water partition coefficient (Wildman–Crippen LogP) is 1.36. The van der Waals surface area contributed by atoms with Crippen LogP contribution in [0.25, 0.3) is 10.9 Å². The normalized spacial score (nSPS) is 15.4. The number of benzene rings is 1. The van der Waals surface area contributed by atoms with Crippen LogP contribution in [0.15, 0.2) is 24.3 Å². The number of carbonyl (C=O) groups is 2. The van der Waals surface area contributed by atoms with Crippen LogP contribution in [0.1, 0.15) is 21.6 Å². The monoisotopic (exact) mass is 340 g/mol. The molecule has 3 rings (SSSR count). The smallest absolute Gasteiger partial charge is 0.254 e. The molecule has 2 heterocycles. The molecular weight excluding hydrogens is 316 g/mol. The van der Waals surface area contributed by atoms with Gasteiger partial charge in [-0.05, 0) is 32.0 Å². The molecule has 1 aliphatic heterocycles. The Labute approximate surface area is 147 Å². The average molecular weight is 340 g/mol. The van der Waals surface area contributed by atoms with Gasteiger partial charge in [0.1, 0.15) is 0 Å². The van der Waals surface area contributed by atoms with E-state index in [0.29, 0.717) is 38.3 Å². The number of carbonyl (C=O) groups excluding carboxylic acids is 2. The van der Waals surface area contributed by atoms with Gasteiger partial charge in [0, 0.05) is 44.3 Å². The number of pyridine rings is 1. The Kier molecular flexibility index (Phi) is 4.99. The van der Waals surface area contributed by atoms with Crippen molar-refractivity contribution >= 4 is 22.7 Å². The number of likely N-dealkylation sites (N-methyl/N-ethyl adjacent to an activating group) is 1. The van der Waals surface area contributed by atoms with E-state index in [1.54, 1.807) is 7.05 Å². The number of amides is 2. The van der Waals surface area contributed by atoms with E-state index in [0.717, 1.165) is 22.2 Å². The molecule has 1 aliphatic rings. The zero-order valence-corrected chi connectivity index (χ0v) is 15.0. The fourth-order valence-corrected chi connectivity index (χ4v) is 3.21. The van der Waals surface area contributed by atoms with Gasteiger partial charge >= 0.3 is 0 Å². The summed E-state index contributed by atoms with van der Waals surface area (Å²) in [7, 11) is 1.64. The first kappa shape index (κ1) is 17.4. The molecule has 0 bridgehead atoms. The third kappa shape index (κ3) is 3.79. The SMILES string of the molecule is CNC(=O)CN1CCN(C(=O)c2cc(C)nc3ccc(C)cc23)CC1. The summed E-state index contributed by atoms with van der Waals surface area (Å²) in [5.74, 6) is 0.0479. The highest BCUT2D eigenvalue weighted by Crippen LogP contribution is 2.22. The summed E-state index contributed by atoms with van der Waals surface area (Å²) in [6, 6.07) is 7.88. The van der Waals surface area contributed by atoms with Crippen molar-refractivity contribution in [2.75, 3.05) is 39.8 Å². The third-order valence-electron chi connectivity index (χ3n) is 4.63. The van der Waals surface area contributed by atoms with Gasteiger partial charge < -0.3 is 10.2 Å². The molecule has 0 atom stereocenters. The van der Waals surface area contributed by atoms with E-state index in [2.05, 4.69) is 15.2 Å². The maximum absolute atomic E-state index is 13.1. The molecule has 0 spiro atoms. The van der Waals surface area contributed by atoms with Gasteiger partial charge in [0.05, 0.1) is 17.6 Å². The minimum Gasteiger partial charge on any atom is -0.358 e. The molecule has 6 heteroatoms. The lowest BCUT2D eigenvalue weighted by Gasteiger charge is -2.34. The van der Waals surface area contributed by atoms with Crippen LogP contribution in [-0.4, -0.2) is 66.4 Å². The molecule has 132 valence electrons. The van der Waals surface area contributed by atoms with Crippen LogP contribution in [0.2, 0.25) is 0 Å². The second-order valence-corrected chi connectivity index (χ2v) is 6.57. The van der Waals surface area contributed by atoms with E-state index in [4.69, 9.17) is 0 Å². The van der Waals surface area contributed by atoms with Gasteiger partial charge in [-0.1, -0.05) is 11.6 Å². The second-order valence-electron chi connectivity index (χ2n) is 6.57. The summed E-state index contributed by atoms with van der Waals surface area (Å²) in [6.07, 6.45) is 0. The number of nitrogens with zero attached hydrogens (tertiary/aromatic N) is 3. The summed E-state index contributed by atoms with van der Waals surface area (Å²) in [4.78, 5) is 33.0. The van der Waals surface area contributed by atoms with Crippen molar-refractivity contribution in [1.82, 2.24) is 20.1 Å². The van der Waals surface area contributed by atoms with Crippen LogP contribution in [0, 0.1) is 13.8 Å². The zero-order chi connectivity index (χ0) is 18.0. The lowest BCUT2D eigenvalue weighted by molar-refractivity contribution is -0.122. The summed E-state index contributed by atoms with van der Waals surface area (Å²) in [5, 5.41) is 3.54. The fraction of sp³-hybridized carbons (Fsp3) is 0.421. The largest absolute Gasteiger partial charge is 0.358 e. The maximum Gasteiger partial charge on any atom is 0.254 e. The maximum atomic E-state index is 13.1. The van der Waals surface area contributed by atoms with Gasteiger partial charge in [-0.3, -0.25) is 19.5 Å². The standard InChI is InChI=1S/C19H24N4O2/c1-13-4-5-17-15(10-13)16(11-14(2)21-17)19(25)23-8-6-22(7-9-23)12-18(24)20-3/h4-5,10-11H,6-9,12H2,1-3H3,(H,20,24). The van der Waals surface area contributed by atoms with E-state index in [1.165, 1.54) is 0 Å². The number of fused-ring (bicyclic) bond motifs is 1. The summed E-state index contributed by atoms with van der Waals surface area (Å²) >= 11 is 0. The lowest BCUT2D eigenvalue weighted by Crippen LogP contribution is -2.50. The lowest BCUT2D eigenvalue weighted by atomic mass is 10.0. The van der Waals surface area contributed by atoms with E-state index in [-0.39, 0.29) is 11.8 Å². The van der Waals surface area contributed by atoms with Crippen LogP contribution >= 0.6 is 0 Å².